The summed E-state index contributed by atoms with van der Waals surface area (Å²) in [6.45, 7) is 6.10. The van der Waals surface area contributed by atoms with E-state index in [-0.39, 0.29) is 5.43 Å². The molecule has 0 unspecified atom stereocenters. The lowest BCUT2D eigenvalue weighted by molar-refractivity contribution is 0.859. The second-order valence-corrected chi connectivity index (χ2v) is 3.38. The lowest BCUT2D eigenvalue weighted by atomic mass is 10.1. The Labute approximate surface area is 79.0 Å². The molecule has 1 heterocycles. The van der Waals surface area contributed by atoms with E-state index in [4.69, 9.17) is 0 Å². The third-order valence-electron chi connectivity index (χ3n) is 2.21. The summed E-state index contributed by atoms with van der Waals surface area (Å²) in [4.78, 5) is 14.8. The van der Waals surface area contributed by atoms with Crippen LogP contribution >= 0.6 is 0 Å². The van der Waals surface area contributed by atoms with E-state index in [1.54, 1.807) is 6.07 Å². The number of H-pyrrole nitrogens is 1. The first kappa shape index (κ1) is 10.0. The highest BCUT2D eigenvalue weighted by molar-refractivity contribution is 5.23. The smallest absolute Gasteiger partial charge is 0.185 e. The SMILES string of the molecule is CCCc1c(CC)[nH]c(C)cc1=O. The number of pyridine rings is 1. The van der Waals surface area contributed by atoms with E-state index in [0.29, 0.717) is 0 Å². The molecular weight excluding hydrogens is 162 g/mol. The fourth-order valence-electron chi connectivity index (χ4n) is 1.61. The summed E-state index contributed by atoms with van der Waals surface area (Å²) in [7, 11) is 0. The van der Waals surface area contributed by atoms with E-state index in [0.717, 1.165) is 36.2 Å². The molecule has 2 nitrogen and oxygen atoms in total. The molecule has 0 aliphatic carbocycles. The van der Waals surface area contributed by atoms with E-state index in [9.17, 15) is 4.79 Å². The van der Waals surface area contributed by atoms with Crippen LogP contribution in [0.3, 0.4) is 0 Å². The average Bonchev–Trinajstić information content (AvgIpc) is 2.09. The van der Waals surface area contributed by atoms with Gasteiger partial charge >= 0.3 is 0 Å². The highest BCUT2D eigenvalue weighted by Gasteiger charge is 2.05. The van der Waals surface area contributed by atoms with Crippen molar-refractivity contribution in [1.29, 1.82) is 0 Å². The van der Waals surface area contributed by atoms with Crippen molar-refractivity contribution in [3.63, 3.8) is 0 Å². The summed E-state index contributed by atoms with van der Waals surface area (Å²) in [5, 5.41) is 0. The lowest BCUT2D eigenvalue weighted by Gasteiger charge is -2.06. The third-order valence-corrected chi connectivity index (χ3v) is 2.21. The van der Waals surface area contributed by atoms with Gasteiger partial charge in [-0.2, -0.15) is 0 Å². The van der Waals surface area contributed by atoms with E-state index in [2.05, 4.69) is 18.8 Å². The molecule has 0 spiro atoms. The predicted molar refractivity (Wildman–Crippen MR) is 55.2 cm³/mol. The van der Waals surface area contributed by atoms with Crippen LogP contribution < -0.4 is 5.43 Å². The number of aromatic nitrogens is 1. The van der Waals surface area contributed by atoms with Gasteiger partial charge in [0, 0.05) is 23.0 Å². The maximum absolute atomic E-state index is 11.6. The molecule has 0 aliphatic heterocycles. The predicted octanol–water partition coefficient (Wildman–Crippen LogP) is 2.20. The van der Waals surface area contributed by atoms with E-state index >= 15 is 0 Å². The van der Waals surface area contributed by atoms with Crippen LogP contribution in [0.15, 0.2) is 10.9 Å². The van der Waals surface area contributed by atoms with Crippen LogP contribution in [-0.2, 0) is 12.8 Å². The molecule has 13 heavy (non-hydrogen) atoms. The van der Waals surface area contributed by atoms with Crippen molar-refractivity contribution in [3.05, 3.63) is 33.2 Å². The topological polar surface area (TPSA) is 32.9 Å². The molecule has 1 aromatic heterocycles. The first-order valence-electron chi connectivity index (χ1n) is 4.90. The van der Waals surface area contributed by atoms with E-state index < -0.39 is 0 Å². The van der Waals surface area contributed by atoms with Crippen LogP contribution in [0.4, 0.5) is 0 Å². The summed E-state index contributed by atoms with van der Waals surface area (Å²) in [5.41, 5.74) is 3.22. The summed E-state index contributed by atoms with van der Waals surface area (Å²) in [6, 6.07) is 1.68. The summed E-state index contributed by atoms with van der Waals surface area (Å²) in [6.07, 6.45) is 2.82. The molecule has 1 rings (SSSR count). The Kier molecular flexibility index (Phi) is 3.29. The second-order valence-electron chi connectivity index (χ2n) is 3.38. The maximum atomic E-state index is 11.6. The number of rotatable bonds is 3. The molecule has 0 saturated heterocycles. The highest BCUT2D eigenvalue weighted by atomic mass is 16.1. The molecule has 72 valence electrons. The van der Waals surface area contributed by atoms with Crippen LogP contribution in [0, 0.1) is 6.92 Å². The van der Waals surface area contributed by atoms with Gasteiger partial charge in [0.25, 0.3) is 0 Å². The number of aromatic amines is 1. The molecule has 0 fully saturated rings. The van der Waals surface area contributed by atoms with Gasteiger partial charge in [-0.1, -0.05) is 20.3 Å². The first-order chi connectivity index (χ1) is 6.19. The fourth-order valence-corrected chi connectivity index (χ4v) is 1.61. The van der Waals surface area contributed by atoms with Crippen LogP contribution in [0.5, 0.6) is 0 Å². The molecule has 2 heteroatoms. The zero-order chi connectivity index (χ0) is 9.84. The zero-order valence-electron chi connectivity index (χ0n) is 8.61. The molecule has 0 aromatic carbocycles. The standard InChI is InChI=1S/C11H17NO/c1-4-6-9-10(5-2)12-8(3)7-11(9)13/h7H,4-6H2,1-3H3,(H,12,13). The largest absolute Gasteiger partial charge is 0.362 e. The molecule has 0 aliphatic rings. The minimum Gasteiger partial charge on any atom is -0.362 e. The minimum absolute atomic E-state index is 0.190. The second kappa shape index (κ2) is 4.26. The average molecular weight is 179 g/mol. The quantitative estimate of drug-likeness (QED) is 0.758. The first-order valence-corrected chi connectivity index (χ1v) is 4.90. The van der Waals surface area contributed by atoms with Gasteiger partial charge in [-0.3, -0.25) is 4.79 Å². The van der Waals surface area contributed by atoms with Gasteiger partial charge in [0.2, 0.25) is 0 Å². The Bertz CT molecular complexity index is 338. The summed E-state index contributed by atoms with van der Waals surface area (Å²) < 4.78 is 0. The maximum Gasteiger partial charge on any atom is 0.185 e. The monoisotopic (exact) mass is 179 g/mol. The molecule has 1 aromatic rings. The molecule has 0 saturated carbocycles. The lowest BCUT2D eigenvalue weighted by Crippen LogP contribution is -2.13. The fraction of sp³-hybridized carbons (Fsp3) is 0.545. The van der Waals surface area contributed by atoms with Crippen molar-refractivity contribution in [2.24, 2.45) is 0 Å². The molecule has 0 radical (unpaired) electrons. The minimum atomic E-state index is 0.190. The Morgan fingerprint density at radius 3 is 2.62 bits per heavy atom. The van der Waals surface area contributed by atoms with Crippen LogP contribution in [0.1, 0.15) is 37.2 Å². The third kappa shape index (κ3) is 2.20. The van der Waals surface area contributed by atoms with E-state index in [1.807, 2.05) is 6.92 Å². The molecule has 1 N–H and O–H groups in total. The van der Waals surface area contributed by atoms with Crippen LogP contribution in [0.25, 0.3) is 0 Å². The van der Waals surface area contributed by atoms with Crippen LogP contribution in [-0.4, -0.2) is 4.98 Å². The molecule has 0 bridgehead atoms. The van der Waals surface area contributed by atoms with Gasteiger partial charge in [-0.25, -0.2) is 0 Å². The highest BCUT2D eigenvalue weighted by Crippen LogP contribution is 2.05. The number of nitrogens with one attached hydrogen (secondary N) is 1. The van der Waals surface area contributed by atoms with Crippen molar-refractivity contribution < 1.29 is 0 Å². The van der Waals surface area contributed by atoms with Gasteiger partial charge < -0.3 is 4.98 Å². The van der Waals surface area contributed by atoms with Gasteiger partial charge in [0.15, 0.2) is 5.43 Å². The molecular formula is C11H17NO. The van der Waals surface area contributed by atoms with Gasteiger partial charge in [-0.15, -0.1) is 0 Å². The van der Waals surface area contributed by atoms with Gasteiger partial charge in [0.05, 0.1) is 0 Å². The van der Waals surface area contributed by atoms with Crippen LogP contribution in [0.2, 0.25) is 0 Å². The van der Waals surface area contributed by atoms with Crippen molar-refractivity contribution in [2.45, 2.75) is 40.0 Å². The van der Waals surface area contributed by atoms with E-state index in [1.165, 1.54) is 0 Å². The zero-order valence-corrected chi connectivity index (χ0v) is 8.61. The number of hydrogen-bond acceptors (Lipinski definition) is 1. The van der Waals surface area contributed by atoms with Crippen molar-refractivity contribution >= 4 is 0 Å². The number of hydrogen-bond donors (Lipinski definition) is 1. The molecule has 0 atom stereocenters. The van der Waals surface area contributed by atoms with Gasteiger partial charge in [0.1, 0.15) is 0 Å². The Hall–Kier alpha value is -1.05. The van der Waals surface area contributed by atoms with Gasteiger partial charge in [-0.05, 0) is 19.8 Å². The Morgan fingerprint density at radius 2 is 2.08 bits per heavy atom. The summed E-state index contributed by atoms with van der Waals surface area (Å²) >= 11 is 0. The normalized spacial score (nSPS) is 10.4. The van der Waals surface area contributed by atoms with Crippen molar-refractivity contribution in [1.82, 2.24) is 4.98 Å². The van der Waals surface area contributed by atoms with Crippen molar-refractivity contribution in [2.75, 3.05) is 0 Å². The summed E-state index contributed by atoms with van der Waals surface area (Å²) in [5.74, 6) is 0. The Morgan fingerprint density at radius 1 is 1.38 bits per heavy atom. The Balaban J connectivity index is 3.22. The number of aryl methyl sites for hydroxylation is 2. The molecule has 0 amide bonds. The van der Waals surface area contributed by atoms with Crippen molar-refractivity contribution in [3.8, 4) is 0 Å².